The Balaban J connectivity index is 1.17. The lowest BCUT2D eigenvalue weighted by Crippen LogP contribution is -2.29. The Labute approximate surface area is 207 Å². The van der Waals surface area contributed by atoms with E-state index in [-0.39, 0.29) is 0 Å². The van der Waals surface area contributed by atoms with E-state index in [1.807, 2.05) is 6.08 Å². The van der Waals surface area contributed by atoms with Gasteiger partial charge in [0.1, 0.15) is 0 Å². The minimum absolute atomic E-state index is 0.373. The zero-order valence-corrected chi connectivity index (χ0v) is 21.6. The van der Waals surface area contributed by atoms with E-state index in [1.54, 1.807) is 19.1 Å². The van der Waals surface area contributed by atoms with Crippen molar-refractivity contribution in [2.45, 2.75) is 104 Å². The Morgan fingerprint density at radius 3 is 1.82 bits per heavy atom. The molecular weight excluding hydrogens is 422 g/mol. The lowest BCUT2D eigenvalue weighted by molar-refractivity contribution is 0.107. The summed E-state index contributed by atoms with van der Waals surface area (Å²) in [7, 11) is 0. The standard InChI is InChI=1S/C32H46F2/c1-3-4-5-6-24-8-14-26(15-9-24)28-19-21-29(22-20-28)27-16-10-25(11-17-27)12-18-30-13-7-23(2)31(33)32(30)34/h3-4,7,12-13,18,24-29H,5-6,8-11,14-17,19-22H2,1-2H3/b4-3+,18-12+. The Morgan fingerprint density at radius 1 is 0.735 bits per heavy atom. The number of hydrogen-bond acceptors (Lipinski definition) is 0. The maximum absolute atomic E-state index is 14.1. The molecule has 0 nitrogen and oxygen atoms in total. The molecule has 3 fully saturated rings. The van der Waals surface area contributed by atoms with Crippen molar-refractivity contribution in [3.8, 4) is 0 Å². The van der Waals surface area contributed by atoms with Gasteiger partial charge in [-0.1, -0.05) is 49.3 Å². The molecule has 0 N–H and O–H groups in total. The van der Waals surface area contributed by atoms with Crippen LogP contribution in [0.25, 0.3) is 6.08 Å². The molecule has 3 saturated carbocycles. The number of halogens is 2. The van der Waals surface area contributed by atoms with Gasteiger partial charge in [0.05, 0.1) is 0 Å². The average Bonchev–Trinajstić information content (AvgIpc) is 2.88. The van der Waals surface area contributed by atoms with Crippen molar-refractivity contribution in [1.29, 1.82) is 0 Å². The maximum Gasteiger partial charge on any atom is 0.166 e. The van der Waals surface area contributed by atoms with Gasteiger partial charge in [0.2, 0.25) is 0 Å². The van der Waals surface area contributed by atoms with Crippen LogP contribution in [0, 0.1) is 54.1 Å². The summed E-state index contributed by atoms with van der Waals surface area (Å²) >= 11 is 0. The van der Waals surface area contributed by atoms with Gasteiger partial charge in [-0.25, -0.2) is 8.78 Å². The van der Waals surface area contributed by atoms with Crippen LogP contribution < -0.4 is 0 Å². The van der Waals surface area contributed by atoms with Crippen LogP contribution in [0.1, 0.15) is 108 Å². The molecule has 0 unspecified atom stereocenters. The highest BCUT2D eigenvalue weighted by molar-refractivity contribution is 5.51. The number of allylic oxidation sites excluding steroid dienone is 3. The SMILES string of the molecule is C/C=C/CCC1CCC(C2CCC(C3CCC(/C=C/c4ccc(C)c(F)c4F)CC3)CC2)CC1. The quantitative estimate of drug-likeness (QED) is 0.349. The van der Waals surface area contributed by atoms with Crippen LogP contribution in [-0.4, -0.2) is 0 Å². The molecule has 0 aliphatic heterocycles. The molecule has 0 aromatic heterocycles. The lowest BCUT2D eigenvalue weighted by Gasteiger charge is -2.41. The second kappa shape index (κ2) is 12.5. The summed E-state index contributed by atoms with van der Waals surface area (Å²) in [6.45, 7) is 3.74. The number of benzene rings is 1. The first-order valence-electron chi connectivity index (χ1n) is 14.3. The van der Waals surface area contributed by atoms with Gasteiger partial charge < -0.3 is 0 Å². The second-order valence-electron chi connectivity index (χ2n) is 11.7. The highest BCUT2D eigenvalue weighted by Gasteiger charge is 2.34. The van der Waals surface area contributed by atoms with E-state index >= 15 is 0 Å². The zero-order valence-electron chi connectivity index (χ0n) is 21.6. The van der Waals surface area contributed by atoms with E-state index in [0.29, 0.717) is 17.0 Å². The molecule has 0 heterocycles. The molecule has 3 aliphatic rings. The Bertz CT molecular complexity index is 814. The molecule has 1 aromatic rings. The van der Waals surface area contributed by atoms with Gasteiger partial charge >= 0.3 is 0 Å². The van der Waals surface area contributed by atoms with Crippen molar-refractivity contribution in [1.82, 2.24) is 0 Å². The molecule has 1 aromatic carbocycles. The van der Waals surface area contributed by atoms with Gasteiger partial charge in [-0.2, -0.15) is 0 Å². The smallest absolute Gasteiger partial charge is 0.166 e. The lowest BCUT2D eigenvalue weighted by atomic mass is 9.65. The molecule has 0 spiro atoms. The van der Waals surface area contributed by atoms with Crippen LogP contribution in [0.15, 0.2) is 30.4 Å². The highest BCUT2D eigenvalue weighted by Crippen LogP contribution is 2.46. The molecule has 34 heavy (non-hydrogen) atoms. The average molecular weight is 469 g/mol. The summed E-state index contributed by atoms with van der Waals surface area (Å²) in [6, 6.07) is 3.37. The first-order chi connectivity index (χ1) is 16.5. The summed E-state index contributed by atoms with van der Waals surface area (Å²) in [5.74, 6) is 3.91. The summed E-state index contributed by atoms with van der Waals surface area (Å²) in [5.41, 5.74) is 0.757. The number of rotatable bonds is 7. The third-order valence-corrected chi connectivity index (χ3v) is 9.69. The molecule has 188 valence electrons. The van der Waals surface area contributed by atoms with Crippen molar-refractivity contribution in [3.63, 3.8) is 0 Å². The van der Waals surface area contributed by atoms with Crippen LogP contribution in [0.3, 0.4) is 0 Å². The summed E-state index contributed by atoms with van der Waals surface area (Å²) in [6.07, 6.45) is 27.9. The second-order valence-corrected chi connectivity index (χ2v) is 11.7. The first kappa shape index (κ1) is 25.6. The van der Waals surface area contributed by atoms with Crippen molar-refractivity contribution >= 4 is 6.08 Å². The molecular formula is C32H46F2. The van der Waals surface area contributed by atoms with Crippen LogP contribution >= 0.6 is 0 Å². The van der Waals surface area contributed by atoms with E-state index in [4.69, 9.17) is 0 Å². The van der Waals surface area contributed by atoms with Gasteiger partial charge in [-0.05, 0) is 132 Å². The van der Waals surface area contributed by atoms with E-state index in [0.717, 1.165) is 29.6 Å². The molecule has 0 amide bonds. The minimum atomic E-state index is -0.709. The molecule has 0 radical (unpaired) electrons. The van der Waals surface area contributed by atoms with Crippen molar-refractivity contribution in [2.24, 2.45) is 35.5 Å². The van der Waals surface area contributed by atoms with Crippen LogP contribution in [-0.2, 0) is 0 Å². The third-order valence-electron chi connectivity index (χ3n) is 9.69. The molecule has 0 saturated heterocycles. The van der Waals surface area contributed by atoms with E-state index in [1.165, 1.54) is 89.9 Å². The van der Waals surface area contributed by atoms with Gasteiger partial charge in [0, 0.05) is 5.56 Å². The van der Waals surface area contributed by atoms with Crippen LogP contribution in [0.2, 0.25) is 0 Å². The van der Waals surface area contributed by atoms with Gasteiger partial charge in [0.15, 0.2) is 11.6 Å². The van der Waals surface area contributed by atoms with Crippen LogP contribution in [0.5, 0.6) is 0 Å². The Morgan fingerprint density at radius 2 is 1.26 bits per heavy atom. The van der Waals surface area contributed by atoms with E-state index in [2.05, 4.69) is 25.2 Å². The number of aryl methyl sites for hydroxylation is 1. The normalized spacial score (nSPS) is 33.1. The summed E-state index contributed by atoms with van der Waals surface area (Å²) in [5, 5.41) is 0. The largest absolute Gasteiger partial charge is 0.203 e. The van der Waals surface area contributed by atoms with Crippen molar-refractivity contribution in [2.75, 3.05) is 0 Å². The summed E-state index contributed by atoms with van der Waals surface area (Å²) < 4.78 is 28.0. The van der Waals surface area contributed by atoms with Gasteiger partial charge in [-0.3, -0.25) is 0 Å². The minimum Gasteiger partial charge on any atom is -0.203 e. The Hall–Kier alpha value is -1.44. The third kappa shape index (κ3) is 6.61. The predicted octanol–water partition coefficient (Wildman–Crippen LogP) is 10.1. The predicted molar refractivity (Wildman–Crippen MR) is 141 cm³/mol. The molecule has 2 heteroatoms. The fraction of sp³-hybridized carbons (Fsp3) is 0.688. The maximum atomic E-state index is 14.1. The fourth-order valence-electron chi connectivity index (χ4n) is 7.37. The van der Waals surface area contributed by atoms with Crippen molar-refractivity contribution < 1.29 is 8.78 Å². The van der Waals surface area contributed by atoms with Gasteiger partial charge in [-0.15, -0.1) is 0 Å². The monoisotopic (exact) mass is 468 g/mol. The fourth-order valence-corrected chi connectivity index (χ4v) is 7.37. The zero-order chi connectivity index (χ0) is 23.9. The van der Waals surface area contributed by atoms with E-state index in [9.17, 15) is 8.78 Å². The van der Waals surface area contributed by atoms with Crippen molar-refractivity contribution in [3.05, 3.63) is 53.1 Å². The Kier molecular flexibility index (Phi) is 9.43. The summed E-state index contributed by atoms with van der Waals surface area (Å²) in [4.78, 5) is 0. The molecule has 0 atom stereocenters. The molecule has 4 rings (SSSR count). The first-order valence-corrected chi connectivity index (χ1v) is 14.3. The molecule has 0 bridgehead atoms. The highest BCUT2D eigenvalue weighted by atomic mass is 19.2. The topological polar surface area (TPSA) is 0 Å². The van der Waals surface area contributed by atoms with E-state index < -0.39 is 11.6 Å². The van der Waals surface area contributed by atoms with Gasteiger partial charge in [0.25, 0.3) is 0 Å². The van der Waals surface area contributed by atoms with Crippen LogP contribution in [0.4, 0.5) is 8.78 Å². The number of hydrogen-bond donors (Lipinski definition) is 0. The molecule has 3 aliphatic carbocycles.